The first-order valence-electron chi connectivity index (χ1n) is 9.89. The largest absolute Gasteiger partial charge is 0.319 e. The molecule has 0 unspecified atom stereocenters. The normalized spacial score (nSPS) is 11.3. The van der Waals surface area contributed by atoms with Gasteiger partial charge >= 0.3 is 0 Å². The summed E-state index contributed by atoms with van der Waals surface area (Å²) in [5, 5.41) is 5.07. The fourth-order valence-electron chi connectivity index (χ4n) is 4.02. The van der Waals surface area contributed by atoms with E-state index in [-0.39, 0.29) is 0 Å². The average molecular weight is 395 g/mol. The highest BCUT2D eigenvalue weighted by Gasteiger charge is 2.08. The zero-order valence-corrected chi connectivity index (χ0v) is 17.2. The van der Waals surface area contributed by atoms with E-state index in [1.54, 1.807) is 0 Å². The molecule has 0 saturated heterocycles. The minimum atomic E-state index is 0.787. The first-order valence-corrected chi connectivity index (χ1v) is 10.3. The summed E-state index contributed by atoms with van der Waals surface area (Å²) in [7, 11) is 0. The molecule has 0 aliphatic heterocycles. The first kappa shape index (κ1) is 17.9. The fraction of sp³-hybridized carbons (Fsp3) is 0.115. The standard InChI is InChI=1S/C26H22N2S/c1-19-16-27(17-20-10-12-22-6-2-4-8-24(22)14-20)26(29)28(19)18-21-11-13-23-7-3-5-9-25(23)15-21/h2-16H,17-18H2,1H3. The van der Waals surface area contributed by atoms with E-state index >= 15 is 0 Å². The molecule has 0 fully saturated rings. The number of benzene rings is 4. The molecule has 1 aromatic heterocycles. The minimum absolute atomic E-state index is 0.787. The Morgan fingerprint density at radius 3 is 1.76 bits per heavy atom. The van der Waals surface area contributed by atoms with Crippen molar-refractivity contribution in [2.75, 3.05) is 0 Å². The van der Waals surface area contributed by atoms with Crippen molar-refractivity contribution in [3.05, 3.63) is 113 Å². The van der Waals surface area contributed by atoms with Gasteiger partial charge in [-0.2, -0.15) is 0 Å². The maximum atomic E-state index is 5.83. The minimum Gasteiger partial charge on any atom is -0.319 e. The maximum absolute atomic E-state index is 5.83. The van der Waals surface area contributed by atoms with Gasteiger partial charge in [-0.3, -0.25) is 0 Å². The van der Waals surface area contributed by atoms with Crippen molar-refractivity contribution in [1.82, 2.24) is 9.13 Å². The van der Waals surface area contributed by atoms with Gasteiger partial charge in [-0.25, -0.2) is 0 Å². The SMILES string of the molecule is Cc1cn(Cc2ccc3ccccc3c2)c(=S)n1Cc1ccc2ccccc2c1. The summed E-state index contributed by atoms with van der Waals surface area (Å²) in [6, 6.07) is 30.2. The molecule has 0 N–H and O–H groups in total. The quantitative estimate of drug-likeness (QED) is 0.307. The Balaban J connectivity index is 1.45. The van der Waals surface area contributed by atoms with Gasteiger partial charge in [-0.1, -0.05) is 72.8 Å². The van der Waals surface area contributed by atoms with Crippen molar-refractivity contribution in [1.29, 1.82) is 0 Å². The summed E-state index contributed by atoms with van der Waals surface area (Å²) in [6.45, 7) is 3.71. The Labute approximate surface area is 175 Å². The lowest BCUT2D eigenvalue weighted by Crippen LogP contribution is -2.04. The Hall–Kier alpha value is -3.17. The highest BCUT2D eigenvalue weighted by atomic mass is 32.1. The van der Waals surface area contributed by atoms with Crippen molar-refractivity contribution in [2.24, 2.45) is 0 Å². The lowest BCUT2D eigenvalue weighted by atomic mass is 10.1. The van der Waals surface area contributed by atoms with Crippen LogP contribution in [0.25, 0.3) is 21.5 Å². The van der Waals surface area contributed by atoms with Gasteiger partial charge in [0.1, 0.15) is 0 Å². The second-order valence-corrected chi connectivity index (χ2v) is 8.00. The molecule has 0 atom stereocenters. The van der Waals surface area contributed by atoms with E-state index in [2.05, 4.69) is 107 Å². The van der Waals surface area contributed by atoms with Crippen molar-refractivity contribution < 1.29 is 0 Å². The van der Waals surface area contributed by atoms with E-state index in [9.17, 15) is 0 Å². The molecule has 142 valence electrons. The van der Waals surface area contributed by atoms with Gasteiger partial charge in [-0.15, -0.1) is 0 Å². The van der Waals surface area contributed by atoms with Crippen LogP contribution in [0.4, 0.5) is 0 Å². The third-order valence-electron chi connectivity index (χ3n) is 5.57. The third-order valence-corrected chi connectivity index (χ3v) is 6.02. The van der Waals surface area contributed by atoms with Crippen LogP contribution in [0.3, 0.4) is 0 Å². The third kappa shape index (κ3) is 3.50. The molecule has 0 radical (unpaired) electrons. The number of fused-ring (bicyclic) bond motifs is 2. The number of rotatable bonds is 4. The number of hydrogen-bond donors (Lipinski definition) is 0. The van der Waals surface area contributed by atoms with E-state index in [1.165, 1.54) is 38.4 Å². The van der Waals surface area contributed by atoms with Crippen molar-refractivity contribution in [3.63, 3.8) is 0 Å². The average Bonchev–Trinajstić information content (AvgIpc) is 3.01. The summed E-state index contributed by atoms with van der Waals surface area (Å²) >= 11 is 5.83. The molecule has 0 saturated carbocycles. The van der Waals surface area contributed by atoms with Crippen LogP contribution in [-0.4, -0.2) is 9.13 Å². The van der Waals surface area contributed by atoms with Crippen LogP contribution in [0, 0.1) is 11.7 Å². The lowest BCUT2D eigenvalue weighted by Gasteiger charge is -2.08. The van der Waals surface area contributed by atoms with E-state index in [0.29, 0.717) is 0 Å². The van der Waals surface area contributed by atoms with Crippen LogP contribution in [0.2, 0.25) is 0 Å². The number of hydrogen-bond acceptors (Lipinski definition) is 1. The van der Waals surface area contributed by atoms with Gasteiger partial charge in [0, 0.05) is 18.4 Å². The number of aryl methyl sites for hydroxylation is 1. The van der Waals surface area contributed by atoms with Crippen molar-refractivity contribution in [3.8, 4) is 0 Å². The van der Waals surface area contributed by atoms with Crippen LogP contribution in [0.5, 0.6) is 0 Å². The predicted molar refractivity (Wildman–Crippen MR) is 124 cm³/mol. The highest BCUT2D eigenvalue weighted by molar-refractivity contribution is 7.71. The molecule has 0 amide bonds. The molecule has 3 heteroatoms. The zero-order chi connectivity index (χ0) is 19.8. The van der Waals surface area contributed by atoms with Crippen LogP contribution >= 0.6 is 12.2 Å². The zero-order valence-electron chi connectivity index (χ0n) is 16.4. The smallest absolute Gasteiger partial charge is 0.180 e. The monoisotopic (exact) mass is 394 g/mol. The lowest BCUT2D eigenvalue weighted by molar-refractivity contribution is 0.706. The second kappa shape index (κ2) is 7.34. The fourth-order valence-corrected chi connectivity index (χ4v) is 4.34. The van der Waals surface area contributed by atoms with Crippen LogP contribution in [0.15, 0.2) is 91.1 Å². The van der Waals surface area contributed by atoms with Crippen molar-refractivity contribution in [2.45, 2.75) is 20.0 Å². The van der Waals surface area contributed by atoms with Gasteiger partial charge in [0.15, 0.2) is 4.77 Å². The molecule has 1 heterocycles. The molecule has 5 aromatic rings. The van der Waals surface area contributed by atoms with Gasteiger partial charge < -0.3 is 9.13 Å². The van der Waals surface area contributed by atoms with Gasteiger partial charge in [0.25, 0.3) is 0 Å². The van der Waals surface area contributed by atoms with E-state index < -0.39 is 0 Å². The summed E-state index contributed by atoms with van der Waals surface area (Å²) in [5.74, 6) is 0. The van der Waals surface area contributed by atoms with E-state index in [4.69, 9.17) is 12.2 Å². The van der Waals surface area contributed by atoms with Gasteiger partial charge in [0.2, 0.25) is 0 Å². The Morgan fingerprint density at radius 1 is 0.655 bits per heavy atom. The highest BCUT2D eigenvalue weighted by Crippen LogP contribution is 2.19. The first-order chi connectivity index (χ1) is 14.2. The van der Waals surface area contributed by atoms with Crippen LogP contribution < -0.4 is 0 Å². The van der Waals surface area contributed by atoms with Crippen molar-refractivity contribution >= 4 is 33.8 Å². The summed E-state index contributed by atoms with van der Waals surface area (Å²) in [6.07, 6.45) is 2.17. The Bertz CT molecular complexity index is 1390. The molecule has 0 aliphatic rings. The summed E-state index contributed by atoms with van der Waals surface area (Å²) in [5.41, 5.74) is 3.72. The molecular weight excluding hydrogens is 372 g/mol. The van der Waals surface area contributed by atoms with E-state index in [0.717, 1.165) is 17.9 Å². The number of aromatic nitrogens is 2. The summed E-state index contributed by atoms with van der Waals surface area (Å²) < 4.78 is 5.26. The van der Waals surface area contributed by atoms with Crippen LogP contribution in [-0.2, 0) is 13.1 Å². The molecule has 2 nitrogen and oxygen atoms in total. The molecule has 0 aliphatic carbocycles. The Morgan fingerprint density at radius 2 is 1.17 bits per heavy atom. The number of imidazole rings is 1. The van der Waals surface area contributed by atoms with E-state index in [1.807, 2.05) is 0 Å². The second-order valence-electron chi connectivity index (χ2n) is 7.63. The topological polar surface area (TPSA) is 9.86 Å². The molecule has 29 heavy (non-hydrogen) atoms. The maximum Gasteiger partial charge on any atom is 0.180 e. The van der Waals surface area contributed by atoms with Crippen LogP contribution in [0.1, 0.15) is 16.8 Å². The summed E-state index contributed by atoms with van der Waals surface area (Å²) in [4.78, 5) is 0. The Kier molecular flexibility index (Phi) is 4.53. The predicted octanol–water partition coefficient (Wildman–Crippen LogP) is 6.73. The molecular formula is C26H22N2S. The molecule has 4 aromatic carbocycles. The molecule has 0 bridgehead atoms. The molecule has 0 spiro atoms. The molecule has 5 rings (SSSR count). The number of nitrogens with zero attached hydrogens (tertiary/aromatic N) is 2. The van der Waals surface area contributed by atoms with Gasteiger partial charge in [0.05, 0.1) is 6.54 Å². The van der Waals surface area contributed by atoms with Gasteiger partial charge in [-0.05, 0) is 63.9 Å².